The van der Waals surface area contributed by atoms with Crippen molar-refractivity contribution in [1.29, 1.82) is 0 Å². The Morgan fingerprint density at radius 1 is 1.14 bits per heavy atom. The molecule has 2 aromatic carbocycles. The lowest BCUT2D eigenvalue weighted by Gasteiger charge is -2.10. The van der Waals surface area contributed by atoms with Crippen LogP contribution in [0, 0.1) is 0 Å². The van der Waals surface area contributed by atoms with Gasteiger partial charge in [0.2, 0.25) is 9.84 Å². The van der Waals surface area contributed by atoms with E-state index in [0.29, 0.717) is 0 Å². The fourth-order valence-corrected chi connectivity index (χ4v) is 5.04. The summed E-state index contributed by atoms with van der Waals surface area (Å²) in [5.74, 6) is 0. The third kappa shape index (κ3) is 2.93. The van der Waals surface area contributed by atoms with Gasteiger partial charge in [0.05, 0.1) is 25.7 Å². The minimum Gasteiger partial charge on any atom is -0.421 e. The monoisotopic (exact) mass is 433 g/mol. The Labute approximate surface area is 169 Å². The summed E-state index contributed by atoms with van der Waals surface area (Å²) < 4.78 is 28.5. The zero-order chi connectivity index (χ0) is 20.9. The summed E-state index contributed by atoms with van der Waals surface area (Å²) in [6.45, 7) is 2.76. The molecule has 0 radical (unpaired) electrons. The summed E-state index contributed by atoms with van der Waals surface area (Å²) in [7, 11) is -4.10. The maximum absolute atomic E-state index is 13.4. The molecule has 0 bridgehead atoms. The lowest BCUT2D eigenvalue weighted by atomic mass is 10.2. The van der Waals surface area contributed by atoms with E-state index in [4.69, 9.17) is 11.6 Å². The van der Waals surface area contributed by atoms with Gasteiger partial charge in [0.15, 0.2) is 0 Å². The Balaban J connectivity index is 2.02. The second-order valence-electron chi connectivity index (χ2n) is 6.58. The topological polar surface area (TPSA) is 114 Å². The van der Waals surface area contributed by atoms with Crippen LogP contribution in [0.25, 0.3) is 21.8 Å². The number of aryl methyl sites for hydroxylation is 1. The molecule has 0 aliphatic heterocycles. The highest BCUT2D eigenvalue weighted by Gasteiger charge is 2.25. The van der Waals surface area contributed by atoms with Gasteiger partial charge in [-0.3, -0.25) is 4.79 Å². The Bertz CT molecular complexity index is 1500. The first-order valence-corrected chi connectivity index (χ1v) is 10.6. The number of hydrogen-bond acceptors (Lipinski definition) is 5. The highest BCUT2D eigenvalue weighted by atomic mass is 35.5. The Morgan fingerprint density at radius 2 is 1.90 bits per heavy atom. The van der Waals surface area contributed by atoms with E-state index in [9.17, 15) is 23.2 Å². The van der Waals surface area contributed by atoms with Crippen molar-refractivity contribution in [2.24, 2.45) is 0 Å². The highest BCUT2D eigenvalue weighted by Crippen LogP contribution is 2.31. The number of benzene rings is 2. The number of sulfone groups is 1. The number of rotatable bonds is 4. The van der Waals surface area contributed by atoms with Crippen LogP contribution in [-0.4, -0.2) is 27.9 Å². The first-order valence-electron chi connectivity index (χ1n) is 8.76. The molecule has 4 rings (SSSR count). The van der Waals surface area contributed by atoms with Gasteiger partial charge in [0, 0.05) is 18.3 Å². The number of halogens is 1. The van der Waals surface area contributed by atoms with Gasteiger partial charge in [-0.15, -0.1) is 0 Å². The fraction of sp³-hybridized carbons (Fsp3) is 0.158. The van der Waals surface area contributed by atoms with E-state index in [1.54, 1.807) is 12.1 Å². The molecule has 0 spiro atoms. The fourth-order valence-electron chi connectivity index (χ4n) is 3.37. The minimum atomic E-state index is -4.10. The van der Waals surface area contributed by atoms with Gasteiger partial charge in [-0.2, -0.15) is 0 Å². The number of aromatic nitrogens is 3. The van der Waals surface area contributed by atoms with Gasteiger partial charge in [-0.1, -0.05) is 29.3 Å². The first-order chi connectivity index (χ1) is 13.8. The summed E-state index contributed by atoms with van der Waals surface area (Å²) in [5.41, 5.74) is -1.74. The number of aromatic amines is 1. The molecule has 0 aliphatic rings. The van der Waals surface area contributed by atoms with Gasteiger partial charge in [-0.25, -0.2) is 13.2 Å². The van der Waals surface area contributed by atoms with Crippen LogP contribution < -0.4 is 11.2 Å². The molecule has 8 nitrogen and oxygen atoms in total. The third-order valence-electron chi connectivity index (χ3n) is 4.76. The molecule has 0 saturated heterocycles. The van der Waals surface area contributed by atoms with Crippen LogP contribution in [0.15, 0.2) is 62.0 Å². The predicted octanol–water partition coefficient (Wildman–Crippen LogP) is 2.78. The van der Waals surface area contributed by atoms with E-state index in [-0.39, 0.29) is 30.4 Å². The Morgan fingerprint density at radius 3 is 2.62 bits per heavy atom. The van der Waals surface area contributed by atoms with Gasteiger partial charge < -0.3 is 14.8 Å². The minimum absolute atomic E-state index is 0.0127. The van der Waals surface area contributed by atoms with E-state index in [0.717, 1.165) is 23.9 Å². The lowest BCUT2D eigenvalue weighted by molar-refractivity contribution is 0.162. The quantitative estimate of drug-likeness (QED) is 0.480. The molecule has 2 aromatic heterocycles. The second kappa shape index (κ2) is 6.78. The van der Waals surface area contributed by atoms with Gasteiger partial charge in [0.1, 0.15) is 0 Å². The summed E-state index contributed by atoms with van der Waals surface area (Å²) >= 11 is 6.03. The molecule has 150 valence electrons. The predicted molar refractivity (Wildman–Crippen MR) is 109 cm³/mol. The average Bonchev–Trinajstić information content (AvgIpc) is 3.08. The first kappa shape index (κ1) is 19.3. The van der Waals surface area contributed by atoms with Crippen LogP contribution in [0.1, 0.15) is 13.3 Å². The zero-order valence-corrected chi connectivity index (χ0v) is 16.8. The molecule has 0 amide bonds. The molecular weight excluding hydrogens is 418 g/mol. The smallest absolute Gasteiger partial charge is 0.362 e. The maximum Gasteiger partial charge on any atom is 0.362 e. The lowest BCUT2D eigenvalue weighted by Crippen LogP contribution is -2.33. The number of nitrogens with zero attached hydrogens (tertiary/aromatic N) is 2. The van der Waals surface area contributed by atoms with Crippen LogP contribution in [0.5, 0.6) is 0 Å². The molecule has 0 fully saturated rings. The normalized spacial score (nSPS) is 12.1. The molecule has 10 heteroatoms. The van der Waals surface area contributed by atoms with Crippen molar-refractivity contribution in [2.75, 3.05) is 0 Å². The standard InChI is InChI=1S/C19H16ClN3O5S/c1-2-8-22-9-7-11-3-4-12(10-14(11)22)29(27,28)15-6-5-13(20)16-17(15)21-19(25)23(26)18(16)24/h3-7,9-10,26H,2,8H2,1H3,(H,21,25). The summed E-state index contributed by atoms with van der Waals surface area (Å²) in [4.78, 5) is 26.1. The van der Waals surface area contributed by atoms with Crippen LogP contribution in [0.3, 0.4) is 0 Å². The Kier molecular flexibility index (Phi) is 4.51. The van der Waals surface area contributed by atoms with E-state index in [1.807, 2.05) is 23.8 Å². The van der Waals surface area contributed by atoms with Crippen molar-refractivity contribution < 1.29 is 13.6 Å². The molecule has 29 heavy (non-hydrogen) atoms. The summed E-state index contributed by atoms with van der Waals surface area (Å²) in [5, 5.41) is 10.1. The number of fused-ring (bicyclic) bond motifs is 2. The summed E-state index contributed by atoms with van der Waals surface area (Å²) in [6, 6.07) is 9.11. The Hall–Kier alpha value is -3.04. The molecule has 2 heterocycles. The van der Waals surface area contributed by atoms with Crippen molar-refractivity contribution in [3.63, 3.8) is 0 Å². The van der Waals surface area contributed by atoms with E-state index >= 15 is 0 Å². The maximum atomic E-state index is 13.4. The summed E-state index contributed by atoms with van der Waals surface area (Å²) in [6.07, 6.45) is 2.78. The molecular formula is C19H16ClN3O5S. The van der Waals surface area contributed by atoms with Crippen LogP contribution in [0.2, 0.25) is 5.02 Å². The van der Waals surface area contributed by atoms with Crippen molar-refractivity contribution in [3.8, 4) is 0 Å². The van der Waals surface area contributed by atoms with Crippen molar-refractivity contribution >= 4 is 43.2 Å². The van der Waals surface area contributed by atoms with E-state index in [2.05, 4.69) is 4.98 Å². The van der Waals surface area contributed by atoms with Crippen LogP contribution in [-0.2, 0) is 16.4 Å². The molecule has 0 unspecified atom stereocenters. The van der Waals surface area contributed by atoms with Crippen molar-refractivity contribution in [2.45, 2.75) is 29.7 Å². The number of hydrogen-bond donors (Lipinski definition) is 2. The number of nitrogens with one attached hydrogen (secondary N) is 1. The van der Waals surface area contributed by atoms with Gasteiger partial charge in [0.25, 0.3) is 5.56 Å². The molecule has 0 aliphatic carbocycles. The van der Waals surface area contributed by atoms with Gasteiger partial charge in [-0.05, 0) is 42.1 Å². The van der Waals surface area contributed by atoms with Crippen molar-refractivity contribution in [3.05, 3.63) is 68.5 Å². The largest absolute Gasteiger partial charge is 0.421 e. The molecule has 4 aromatic rings. The van der Waals surface area contributed by atoms with E-state index < -0.39 is 21.1 Å². The highest BCUT2D eigenvalue weighted by molar-refractivity contribution is 7.91. The third-order valence-corrected chi connectivity index (χ3v) is 6.87. The molecule has 0 atom stereocenters. The van der Waals surface area contributed by atoms with Crippen LogP contribution in [0.4, 0.5) is 0 Å². The van der Waals surface area contributed by atoms with Gasteiger partial charge >= 0.3 is 5.69 Å². The second-order valence-corrected chi connectivity index (χ2v) is 8.90. The average molecular weight is 434 g/mol. The van der Waals surface area contributed by atoms with E-state index in [1.165, 1.54) is 18.2 Å². The van der Waals surface area contributed by atoms with Crippen molar-refractivity contribution in [1.82, 2.24) is 14.3 Å². The van der Waals surface area contributed by atoms with Crippen LogP contribution >= 0.6 is 11.6 Å². The molecule has 0 saturated carbocycles. The SMILES string of the molecule is CCCn1ccc2ccc(S(=O)(=O)c3ccc(Cl)c4c(=O)n(O)c(=O)[nH]c34)cc21. The zero-order valence-electron chi connectivity index (χ0n) is 15.2. The number of H-pyrrole nitrogens is 1. The molecule has 2 N–H and O–H groups in total.